The Labute approximate surface area is 122 Å². The predicted molar refractivity (Wildman–Crippen MR) is 82.1 cm³/mol. The Morgan fingerprint density at radius 2 is 2.10 bits per heavy atom. The van der Waals surface area contributed by atoms with Crippen LogP contribution in [0.15, 0.2) is 18.2 Å². The van der Waals surface area contributed by atoms with Crippen molar-refractivity contribution < 1.29 is 4.39 Å². The van der Waals surface area contributed by atoms with Gasteiger partial charge in [-0.1, -0.05) is 12.5 Å². The Morgan fingerprint density at radius 1 is 1.35 bits per heavy atom. The molecule has 0 aliphatic carbocycles. The van der Waals surface area contributed by atoms with Gasteiger partial charge in [0.2, 0.25) is 0 Å². The monoisotopic (exact) mass is 278 g/mol. The number of rotatable bonds is 3. The van der Waals surface area contributed by atoms with E-state index in [2.05, 4.69) is 18.7 Å². The fourth-order valence-electron chi connectivity index (χ4n) is 3.50. The first-order valence-electron chi connectivity index (χ1n) is 7.76. The largest absolute Gasteiger partial charge is 0.330 e. The van der Waals surface area contributed by atoms with Crippen LogP contribution in [-0.2, 0) is 0 Å². The third kappa shape index (κ3) is 3.21. The van der Waals surface area contributed by atoms with Gasteiger partial charge >= 0.3 is 0 Å². The molecular formula is C17H27FN2. The minimum absolute atomic E-state index is 0.153. The zero-order valence-corrected chi connectivity index (χ0v) is 12.9. The first-order chi connectivity index (χ1) is 9.54. The van der Waals surface area contributed by atoms with Crippen molar-refractivity contribution in [3.63, 3.8) is 0 Å². The van der Waals surface area contributed by atoms with E-state index < -0.39 is 0 Å². The summed E-state index contributed by atoms with van der Waals surface area (Å²) in [5.41, 5.74) is 8.33. The average molecular weight is 278 g/mol. The summed E-state index contributed by atoms with van der Waals surface area (Å²) in [5.74, 6) is 0.310. The summed E-state index contributed by atoms with van der Waals surface area (Å²) in [4.78, 5) is 2.55. The molecule has 1 saturated heterocycles. The second-order valence-corrected chi connectivity index (χ2v) is 6.27. The first-order valence-corrected chi connectivity index (χ1v) is 7.76. The van der Waals surface area contributed by atoms with Gasteiger partial charge in [-0.05, 0) is 75.9 Å². The second-order valence-electron chi connectivity index (χ2n) is 6.27. The Bertz CT molecular complexity index is 445. The van der Waals surface area contributed by atoms with Crippen LogP contribution >= 0.6 is 0 Å². The van der Waals surface area contributed by atoms with Gasteiger partial charge in [-0.2, -0.15) is 0 Å². The van der Waals surface area contributed by atoms with Gasteiger partial charge in [-0.15, -0.1) is 0 Å². The molecule has 0 spiro atoms. The molecule has 1 aliphatic rings. The third-order valence-corrected chi connectivity index (χ3v) is 4.56. The van der Waals surface area contributed by atoms with Crippen LogP contribution in [0.1, 0.15) is 50.3 Å². The lowest BCUT2D eigenvalue weighted by Crippen LogP contribution is -2.40. The maximum atomic E-state index is 13.4. The van der Waals surface area contributed by atoms with E-state index in [1.807, 2.05) is 13.0 Å². The second kappa shape index (κ2) is 6.68. The van der Waals surface area contributed by atoms with E-state index in [1.165, 1.54) is 24.8 Å². The molecule has 1 fully saturated rings. The highest BCUT2D eigenvalue weighted by Gasteiger charge is 2.32. The topological polar surface area (TPSA) is 29.3 Å². The molecule has 112 valence electrons. The molecule has 1 aromatic rings. The highest BCUT2D eigenvalue weighted by atomic mass is 19.1. The Hall–Kier alpha value is -0.930. The summed E-state index contributed by atoms with van der Waals surface area (Å²) in [5, 5.41) is 0. The van der Waals surface area contributed by atoms with E-state index >= 15 is 0 Å². The Kier molecular flexibility index (Phi) is 5.17. The molecule has 1 aromatic carbocycles. The molecule has 0 bridgehead atoms. The van der Waals surface area contributed by atoms with Crippen LogP contribution in [0.25, 0.3) is 0 Å². The maximum absolute atomic E-state index is 13.4. The van der Waals surface area contributed by atoms with Crippen molar-refractivity contribution in [2.45, 2.75) is 52.1 Å². The van der Waals surface area contributed by atoms with Crippen LogP contribution < -0.4 is 5.73 Å². The number of halogens is 1. The highest BCUT2D eigenvalue weighted by Crippen LogP contribution is 2.37. The lowest BCUT2D eigenvalue weighted by molar-refractivity contribution is 0.121. The van der Waals surface area contributed by atoms with E-state index in [1.54, 1.807) is 12.1 Å². The van der Waals surface area contributed by atoms with Crippen molar-refractivity contribution in [1.82, 2.24) is 4.90 Å². The minimum Gasteiger partial charge on any atom is -0.330 e. The third-order valence-electron chi connectivity index (χ3n) is 4.56. The van der Waals surface area contributed by atoms with Crippen LogP contribution in [0, 0.1) is 18.7 Å². The quantitative estimate of drug-likeness (QED) is 0.914. The number of nitrogens with zero attached hydrogens (tertiary/aromatic N) is 1. The summed E-state index contributed by atoms with van der Waals surface area (Å²) < 4.78 is 13.4. The van der Waals surface area contributed by atoms with E-state index in [0.29, 0.717) is 24.5 Å². The minimum atomic E-state index is -0.153. The van der Waals surface area contributed by atoms with Crippen molar-refractivity contribution in [1.29, 1.82) is 0 Å². The van der Waals surface area contributed by atoms with Gasteiger partial charge in [-0.25, -0.2) is 4.39 Å². The van der Waals surface area contributed by atoms with Gasteiger partial charge < -0.3 is 5.73 Å². The van der Waals surface area contributed by atoms with E-state index in [9.17, 15) is 4.39 Å². The first kappa shape index (κ1) is 15.5. The zero-order valence-electron chi connectivity index (χ0n) is 12.9. The van der Waals surface area contributed by atoms with Crippen LogP contribution in [-0.4, -0.2) is 24.0 Å². The molecule has 1 aliphatic heterocycles. The summed E-state index contributed by atoms with van der Waals surface area (Å²) in [6, 6.07) is 5.99. The van der Waals surface area contributed by atoms with E-state index in [0.717, 1.165) is 12.1 Å². The lowest BCUT2D eigenvalue weighted by Gasteiger charge is -2.38. The zero-order chi connectivity index (χ0) is 14.7. The Morgan fingerprint density at radius 3 is 2.70 bits per heavy atom. The van der Waals surface area contributed by atoms with Crippen LogP contribution in [0.5, 0.6) is 0 Å². The molecule has 3 heteroatoms. The number of nitrogens with two attached hydrogens (primary N) is 1. The molecule has 2 unspecified atom stereocenters. The van der Waals surface area contributed by atoms with Crippen LogP contribution in [0.4, 0.5) is 4.39 Å². The number of likely N-dealkylation sites (tertiary alicyclic amines) is 1. The van der Waals surface area contributed by atoms with Gasteiger partial charge in [0, 0.05) is 12.1 Å². The number of hydrogen-bond acceptors (Lipinski definition) is 2. The Balaban J connectivity index is 2.43. The summed E-state index contributed by atoms with van der Waals surface area (Å²) in [7, 11) is 0. The van der Waals surface area contributed by atoms with Gasteiger partial charge in [0.05, 0.1) is 0 Å². The fourth-order valence-corrected chi connectivity index (χ4v) is 3.50. The van der Waals surface area contributed by atoms with E-state index in [4.69, 9.17) is 5.73 Å². The lowest BCUT2D eigenvalue weighted by atomic mass is 9.86. The summed E-state index contributed by atoms with van der Waals surface area (Å²) in [6.07, 6.45) is 3.63. The van der Waals surface area contributed by atoms with Gasteiger partial charge in [0.15, 0.2) is 0 Å². The van der Waals surface area contributed by atoms with Crippen molar-refractivity contribution in [2.24, 2.45) is 11.7 Å². The smallest absolute Gasteiger partial charge is 0.123 e. The van der Waals surface area contributed by atoms with Crippen molar-refractivity contribution in [3.05, 3.63) is 35.1 Å². The van der Waals surface area contributed by atoms with Crippen LogP contribution in [0.2, 0.25) is 0 Å². The van der Waals surface area contributed by atoms with Gasteiger partial charge in [-0.3, -0.25) is 4.90 Å². The fraction of sp³-hybridized carbons (Fsp3) is 0.647. The number of hydrogen-bond donors (Lipinski definition) is 1. The molecule has 2 rings (SSSR count). The predicted octanol–water partition coefficient (Wildman–Crippen LogP) is 3.64. The summed E-state index contributed by atoms with van der Waals surface area (Å²) in [6.45, 7) is 8.30. The maximum Gasteiger partial charge on any atom is 0.123 e. The van der Waals surface area contributed by atoms with Crippen molar-refractivity contribution in [2.75, 3.05) is 13.1 Å². The molecule has 0 amide bonds. The van der Waals surface area contributed by atoms with Crippen molar-refractivity contribution >= 4 is 0 Å². The molecule has 2 nitrogen and oxygen atoms in total. The number of aryl methyl sites for hydroxylation is 1. The van der Waals surface area contributed by atoms with Gasteiger partial charge in [0.1, 0.15) is 5.82 Å². The summed E-state index contributed by atoms with van der Waals surface area (Å²) >= 11 is 0. The van der Waals surface area contributed by atoms with Gasteiger partial charge in [0.25, 0.3) is 0 Å². The molecule has 2 N–H and O–H groups in total. The van der Waals surface area contributed by atoms with Crippen molar-refractivity contribution in [3.8, 4) is 0 Å². The molecule has 1 heterocycles. The normalized spacial score (nSPS) is 24.9. The molecule has 0 saturated carbocycles. The molecule has 2 atom stereocenters. The molecule has 0 aromatic heterocycles. The highest BCUT2D eigenvalue weighted by molar-refractivity contribution is 5.30. The SMILES string of the molecule is Cc1cc(F)ccc1C1C(CN)CCCCN1C(C)C. The molecule has 20 heavy (non-hydrogen) atoms. The number of benzene rings is 1. The van der Waals surface area contributed by atoms with E-state index in [-0.39, 0.29) is 5.82 Å². The molecule has 0 radical (unpaired) electrons. The molecular weight excluding hydrogens is 251 g/mol. The average Bonchev–Trinajstić information content (AvgIpc) is 2.61. The van der Waals surface area contributed by atoms with Crippen LogP contribution in [0.3, 0.4) is 0 Å². The standard InChI is InChI=1S/C17H27FN2/c1-12(2)20-9-5-4-6-14(11-19)17(20)16-8-7-15(18)10-13(16)3/h7-8,10,12,14,17H,4-6,9,11,19H2,1-3H3.